The average molecular weight is 287 g/mol. The highest BCUT2D eigenvalue weighted by Crippen LogP contribution is 2.22. The summed E-state index contributed by atoms with van der Waals surface area (Å²) in [7, 11) is 1.41. The molecule has 0 radical (unpaired) electrons. The highest BCUT2D eigenvalue weighted by atomic mass is 16.6. The van der Waals surface area contributed by atoms with E-state index in [-0.39, 0.29) is 11.4 Å². The normalized spacial score (nSPS) is 11.7. The predicted octanol–water partition coefficient (Wildman–Crippen LogP) is 2.89. The molecular formula is C15H13NO5. The van der Waals surface area contributed by atoms with Crippen LogP contribution in [0, 0.1) is 10.1 Å². The number of rotatable bonds is 5. The predicted molar refractivity (Wildman–Crippen MR) is 74.9 cm³/mol. The number of hydrogen-bond acceptors (Lipinski definition) is 5. The lowest BCUT2D eigenvalue weighted by atomic mass is 10.1. The fourth-order valence-corrected chi connectivity index (χ4v) is 1.80. The summed E-state index contributed by atoms with van der Waals surface area (Å²) >= 11 is 0. The van der Waals surface area contributed by atoms with E-state index < -0.39 is 17.0 Å². The van der Waals surface area contributed by atoms with Gasteiger partial charge < -0.3 is 9.47 Å². The zero-order chi connectivity index (χ0) is 15.2. The van der Waals surface area contributed by atoms with E-state index in [0.29, 0.717) is 5.56 Å². The van der Waals surface area contributed by atoms with Gasteiger partial charge in [-0.1, -0.05) is 30.3 Å². The van der Waals surface area contributed by atoms with Gasteiger partial charge in [-0.25, -0.2) is 4.79 Å². The number of esters is 1. The molecule has 0 aliphatic heterocycles. The van der Waals surface area contributed by atoms with E-state index in [1.807, 2.05) is 6.07 Å². The number of ether oxygens (including phenoxy) is 2. The molecule has 2 rings (SSSR count). The molecule has 0 aliphatic rings. The molecule has 6 heteroatoms. The van der Waals surface area contributed by atoms with Crippen molar-refractivity contribution in [2.75, 3.05) is 7.11 Å². The zero-order valence-electron chi connectivity index (χ0n) is 11.3. The van der Waals surface area contributed by atoms with Crippen LogP contribution >= 0.6 is 0 Å². The van der Waals surface area contributed by atoms with E-state index in [0.717, 1.165) is 0 Å². The van der Waals surface area contributed by atoms with E-state index in [4.69, 9.17) is 9.47 Å². The number of benzene rings is 2. The molecule has 0 unspecified atom stereocenters. The van der Waals surface area contributed by atoms with Crippen LogP contribution in [0.4, 0.5) is 5.69 Å². The summed E-state index contributed by atoms with van der Waals surface area (Å²) in [5.41, 5.74) is 0.605. The number of hydrogen-bond donors (Lipinski definition) is 0. The number of nitro benzene ring substituents is 1. The van der Waals surface area contributed by atoms with E-state index in [1.54, 1.807) is 24.3 Å². The van der Waals surface area contributed by atoms with Gasteiger partial charge in [0.25, 0.3) is 5.69 Å². The lowest BCUT2D eigenvalue weighted by molar-refractivity contribution is -0.384. The van der Waals surface area contributed by atoms with Crippen LogP contribution in [-0.2, 0) is 9.53 Å². The maximum absolute atomic E-state index is 12.1. The van der Waals surface area contributed by atoms with Crippen molar-refractivity contribution in [3.05, 3.63) is 70.3 Å². The van der Waals surface area contributed by atoms with Gasteiger partial charge in [0.15, 0.2) is 6.10 Å². The first kappa shape index (κ1) is 14.7. The first-order chi connectivity index (χ1) is 10.1. The molecule has 0 N–H and O–H groups in total. The van der Waals surface area contributed by atoms with Crippen LogP contribution in [0.1, 0.15) is 11.7 Å². The summed E-state index contributed by atoms with van der Waals surface area (Å²) in [5, 5.41) is 10.6. The number of nitrogens with zero attached hydrogens (tertiary/aromatic N) is 1. The molecule has 0 bridgehead atoms. The largest absolute Gasteiger partial charge is 0.424 e. The van der Waals surface area contributed by atoms with Gasteiger partial charge in [-0.05, 0) is 17.7 Å². The first-order valence-electron chi connectivity index (χ1n) is 6.15. The molecular weight excluding hydrogens is 274 g/mol. The van der Waals surface area contributed by atoms with Crippen LogP contribution in [0.2, 0.25) is 0 Å². The van der Waals surface area contributed by atoms with Crippen LogP contribution in [0.3, 0.4) is 0 Å². The molecule has 0 heterocycles. The van der Waals surface area contributed by atoms with E-state index in [2.05, 4.69) is 0 Å². The van der Waals surface area contributed by atoms with Crippen LogP contribution in [-0.4, -0.2) is 18.0 Å². The van der Waals surface area contributed by atoms with Crippen molar-refractivity contribution in [1.82, 2.24) is 0 Å². The number of carbonyl (C=O) groups is 1. The molecule has 0 amide bonds. The zero-order valence-corrected chi connectivity index (χ0v) is 11.3. The van der Waals surface area contributed by atoms with E-state index >= 15 is 0 Å². The smallest absolute Gasteiger partial charge is 0.345 e. The van der Waals surface area contributed by atoms with Crippen molar-refractivity contribution in [2.45, 2.75) is 6.10 Å². The Labute approximate surface area is 121 Å². The van der Waals surface area contributed by atoms with Crippen molar-refractivity contribution in [3.8, 4) is 5.75 Å². The minimum Gasteiger partial charge on any atom is -0.424 e. The van der Waals surface area contributed by atoms with Gasteiger partial charge in [-0.2, -0.15) is 0 Å². The molecule has 2 aromatic rings. The van der Waals surface area contributed by atoms with E-state index in [1.165, 1.54) is 31.4 Å². The fourth-order valence-electron chi connectivity index (χ4n) is 1.80. The Kier molecular flexibility index (Phi) is 4.63. The molecule has 21 heavy (non-hydrogen) atoms. The number of methoxy groups -OCH3 is 1. The Morgan fingerprint density at radius 3 is 2.24 bits per heavy atom. The van der Waals surface area contributed by atoms with Crippen LogP contribution in [0.15, 0.2) is 54.6 Å². The van der Waals surface area contributed by atoms with Crippen molar-refractivity contribution in [2.24, 2.45) is 0 Å². The second kappa shape index (κ2) is 6.62. The van der Waals surface area contributed by atoms with Gasteiger partial charge >= 0.3 is 5.97 Å². The second-order valence-electron chi connectivity index (χ2n) is 4.20. The Balaban J connectivity index is 2.11. The summed E-state index contributed by atoms with van der Waals surface area (Å²) in [6.45, 7) is 0. The van der Waals surface area contributed by atoms with Crippen LogP contribution in [0.25, 0.3) is 0 Å². The van der Waals surface area contributed by atoms with E-state index in [9.17, 15) is 14.9 Å². The molecule has 108 valence electrons. The molecule has 0 fully saturated rings. The molecule has 6 nitrogen and oxygen atoms in total. The maximum atomic E-state index is 12.1. The van der Waals surface area contributed by atoms with Gasteiger partial charge in [0, 0.05) is 19.2 Å². The summed E-state index contributed by atoms with van der Waals surface area (Å²) in [4.78, 5) is 22.1. The monoisotopic (exact) mass is 287 g/mol. The summed E-state index contributed by atoms with van der Waals surface area (Å²) < 4.78 is 10.3. The quantitative estimate of drug-likeness (QED) is 0.365. The standard InChI is InChI=1S/C15H13NO5/c1-20-14(11-5-3-2-4-6-11)15(17)21-13-9-7-12(8-10-13)16(18)19/h2-10,14H,1H3/t14-/m1/s1. The van der Waals surface area contributed by atoms with Gasteiger partial charge in [0.1, 0.15) is 5.75 Å². The Bertz CT molecular complexity index is 624. The van der Waals surface area contributed by atoms with Crippen molar-refractivity contribution < 1.29 is 19.2 Å². The third kappa shape index (κ3) is 3.64. The second-order valence-corrected chi connectivity index (χ2v) is 4.20. The number of non-ortho nitro benzene ring substituents is 1. The summed E-state index contributed by atoms with van der Waals surface area (Å²) in [6, 6.07) is 14.2. The minimum atomic E-state index is -0.846. The number of carbonyl (C=O) groups excluding carboxylic acids is 1. The van der Waals surface area contributed by atoms with Gasteiger partial charge in [-0.15, -0.1) is 0 Å². The summed E-state index contributed by atoms with van der Waals surface area (Å²) in [5.74, 6) is -0.360. The number of nitro groups is 1. The third-order valence-corrected chi connectivity index (χ3v) is 2.82. The van der Waals surface area contributed by atoms with Crippen molar-refractivity contribution >= 4 is 11.7 Å². The average Bonchev–Trinajstić information content (AvgIpc) is 2.49. The SMILES string of the molecule is CO[C@@H](C(=O)Oc1ccc([N+](=O)[O-])cc1)c1ccccc1. The minimum absolute atomic E-state index is 0.0684. The third-order valence-electron chi connectivity index (χ3n) is 2.82. The molecule has 0 saturated heterocycles. The molecule has 2 aromatic carbocycles. The summed E-state index contributed by atoms with van der Waals surface area (Å²) in [6.07, 6.45) is -0.846. The molecule has 0 aliphatic carbocycles. The van der Waals surface area contributed by atoms with Crippen LogP contribution < -0.4 is 4.74 Å². The maximum Gasteiger partial charge on any atom is 0.345 e. The van der Waals surface area contributed by atoms with Gasteiger partial charge in [-0.3, -0.25) is 10.1 Å². The van der Waals surface area contributed by atoms with Gasteiger partial charge in [0.2, 0.25) is 0 Å². The lowest BCUT2D eigenvalue weighted by Gasteiger charge is -2.14. The molecule has 0 spiro atoms. The molecule has 1 atom stereocenters. The Morgan fingerprint density at radius 1 is 1.10 bits per heavy atom. The van der Waals surface area contributed by atoms with Crippen LogP contribution in [0.5, 0.6) is 5.75 Å². The van der Waals surface area contributed by atoms with Crippen molar-refractivity contribution in [1.29, 1.82) is 0 Å². The topological polar surface area (TPSA) is 78.7 Å². The van der Waals surface area contributed by atoms with Gasteiger partial charge in [0.05, 0.1) is 4.92 Å². The molecule has 0 aromatic heterocycles. The highest BCUT2D eigenvalue weighted by Gasteiger charge is 2.22. The fraction of sp³-hybridized carbons (Fsp3) is 0.133. The van der Waals surface area contributed by atoms with Crippen molar-refractivity contribution in [3.63, 3.8) is 0 Å². The molecule has 0 saturated carbocycles. The Hall–Kier alpha value is -2.73. The lowest BCUT2D eigenvalue weighted by Crippen LogP contribution is -2.20. The first-order valence-corrected chi connectivity index (χ1v) is 6.15. The highest BCUT2D eigenvalue weighted by molar-refractivity contribution is 5.78. The Morgan fingerprint density at radius 2 is 1.71 bits per heavy atom.